The topological polar surface area (TPSA) is 38.9 Å². The van der Waals surface area contributed by atoms with Gasteiger partial charge in [-0.2, -0.15) is 0 Å². The first-order valence-corrected chi connectivity index (χ1v) is 5.48. The zero-order chi connectivity index (χ0) is 12.5. The second-order valence-corrected chi connectivity index (χ2v) is 4.41. The summed E-state index contributed by atoms with van der Waals surface area (Å²) in [6.07, 6.45) is 3.40. The molecule has 1 aromatic carbocycles. The largest absolute Gasteiger partial charge is 0.318 e. The summed E-state index contributed by atoms with van der Waals surface area (Å²) in [5.41, 5.74) is 7.77. The highest BCUT2D eigenvalue weighted by Gasteiger charge is 2.24. The molecule has 0 aliphatic carbocycles. The van der Waals surface area contributed by atoms with Crippen molar-refractivity contribution in [3.8, 4) is 0 Å². The highest BCUT2D eigenvalue weighted by Crippen LogP contribution is 2.26. The van der Waals surface area contributed by atoms with Crippen LogP contribution in [0, 0.1) is 12.7 Å². The summed E-state index contributed by atoms with van der Waals surface area (Å²) in [4.78, 5) is 4.04. The van der Waals surface area contributed by atoms with Gasteiger partial charge in [0.05, 0.1) is 5.54 Å². The minimum Gasteiger partial charge on any atom is -0.318 e. The summed E-state index contributed by atoms with van der Waals surface area (Å²) < 4.78 is 13.6. The summed E-state index contributed by atoms with van der Waals surface area (Å²) in [5.74, 6) is -0.233. The highest BCUT2D eigenvalue weighted by atomic mass is 19.1. The Morgan fingerprint density at radius 3 is 2.59 bits per heavy atom. The molecule has 0 aliphatic heterocycles. The summed E-state index contributed by atoms with van der Waals surface area (Å²) in [6, 6.07) is 8.80. The zero-order valence-electron chi connectivity index (χ0n) is 9.94. The lowest BCUT2D eigenvalue weighted by molar-refractivity contribution is 0.576. The van der Waals surface area contributed by atoms with Crippen LogP contribution < -0.4 is 5.73 Å². The zero-order valence-corrected chi connectivity index (χ0v) is 9.94. The molecule has 2 N–H and O–H groups in total. The molecule has 0 bridgehead atoms. The quantitative estimate of drug-likeness (QED) is 0.861. The van der Waals surface area contributed by atoms with Crippen molar-refractivity contribution in [3.05, 3.63) is 65.2 Å². The van der Waals surface area contributed by atoms with Crippen molar-refractivity contribution in [1.82, 2.24) is 4.98 Å². The number of pyridine rings is 1. The monoisotopic (exact) mass is 230 g/mol. The van der Waals surface area contributed by atoms with Crippen molar-refractivity contribution >= 4 is 0 Å². The van der Waals surface area contributed by atoms with E-state index in [-0.39, 0.29) is 5.82 Å². The van der Waals surface area contributed by atoms with Crippen molar-refractivity contribution in [2.24, 2.45) is 5.73 Å². The van der Waals surface area contributed by atoms with Crippen LogP contribution in [0.4, 0.5) is 4.39 Å². The molecule has 2 nitrogen and oxygen atoms in total. The Balaban J connectivity index is 2.48. The maximum Gasteiger partial charge on any atom is 0.126 e. The first kappa shape index (κ1) is 11.7. The number of benzene rings is 1. The number of hydrogen-bond acceptors (Lipinski definition) is 2. The Kier molecular flexibility index (Phi) is 2.94. The molecule has 17 heavy (non-hydrogen) atoms. The maximum absolute atomic E-state index is 13.6. The third kappa shape index (κ3) is 2.19. The number of nitrogens with two attached hydrogens (primary N) is 1. The summed E-state index contributed by atoms with van der Waals surface area (Å²) in [5, 5.41) is 0. The summed E-state index contributed by atoms with van der Waals surface area (Å²) >= 11 is 0. The second-order valence-electron chi connectivity index (χ2n) is 4.41. The van der Waals surface area contributed by atoms with Crippen LogP contribution in [-0.4, -0.2) is 4.98 Å². The Hall–Kier alpha value is -1.74. The highest BCUT2D eigenvalue weighted by molar-refractivity contribution is 5.37. The van der Waals surface area contributed by atoms with Crippen LogP contribution in [0.5, 0.6) is 0 Å². The van der Waals surface area contributed by atoms with E-state index in [0.717, 1.165) is 11.1 Å². The van der Waals surface area contributed by atoms with Gasteiger partial charge in [0.2, 0.25) is 0 Å². The van der Waals surface area contributed by atoms with Crippen LogP contribution in [0.3, 0.4) is 0 Å². The minimum absolute atomic E-state index is 0.233. The number of aryl methyl sites for hydroxylation is 1. The van der Waals surface area contributed by atoms with Crippen molar-refractivity contribution in [2.45, 2.75) is 19.4 Å². The Morgan fingerprint density at radius 1 is 1.24 bits per heavy atom. The summed E-state index contributed by atoms with van der Waals surface area (Å²) in [7, 11) is 0. The Labute approximate surface area is 100 Å². The molecule has 0 radical (unpaired) electrons. The van der Waals surface area contributed by atoms with E-state index >= 15 is 0 Å². The molecule has 1 aromatic heterocycles. The molecule has 88 valence electrons. The van der Waals surface area contributed by atoms with E-state index in [2.05, 4.69) is 4.98 Å². The van der Waals surface area contributed by atoms with Gasteiger partial charge < -0.3 is 5.73 Å². The molecule has 1 unspecified atom stereocenters. The fraction of sp³-hybridized carbons (Fsp3) is 0.214. The molecule has 0 saturated heterocycles. The van der Waals surface area contributed by atoms with E-state index in [1.165, 1.54) is 6.07 Å². The third-order valence-corrected chi connectivity index (χ3v) is 3.03. The van der Waals surface area contributed by atoms with Crippen molar-refractivity contribution < 1.29 is 4.39 Å². The van der Waals surface area contributed by atoms with Crippen LogP contribution in [0.2, 0.25) is 0 Å². The molecule has 2 rings (SSSR count). The molecule has 0 saturated carbocycles. The predicted molar refractivity (Wildman–Crippen MR) is 66.0 cm³/mol. The molecule has 2 aromatic rings. The number of rotatable bonds is 2. The molecule has 3 heteroatoms. The third-order valence-electron chi connectivity index (χ3n) is 3.03. The maximum atomic E-state index is 13.6. The van der Waals surface area contributed by atoms with E-state index in [9.17, 15) is 4.39 Å². The van der Waals surface area contributed by atoms with Gasteiger partial charge in [-0.05, 0) is 42.7 Å². The average Bonchev–Trinajstić information content (AvgIpc) is 2.33. The lowest BCUT2D eigenvalue weighted by Crippen LogP contribution is -2.34. The Morgan fingerprint density at radius 2 is 2.00 bits per heavy atom. The molecular formula is C14H15FN2. The van der Waals surface area contributed by atoms with E-state index in [1.54, 1.807) is 25.4 Å². The van der Waals surface area contributed by atoms with E-state index in [4.69, 9.17) is 5.73 Å². The van der Waals surface area contributed by atoms with Gasteiger partial charge >= 0.3 is 0 Å². The average molecular weight is 230 g/mol. The normalized spacial score (nSPS) is 14.4. The van der Waals surface area contributed by atoms with Gasteiger partial charge in [-0.15, -0.1) is 0 Å². The van der Waals surface area contributed by atoms with Crippen LogP contribution in [-0.2, 0) is 5.54 Å². The van der Waals surface area contributed by atoms with Crippen molar-refractivity contribution in [3.63, 3.8) is 0 Å². The molecule has 0 amide bonds. The van der Waals surface area contributed by atoms with E-state index in [0.29, 0.717) is 5.56 Å². The molecule has 1 heterocycles. The van der Waals surface area contributed by atoms with Crippen LogP contribution in [0.25, 0.3) is 0 Å². The van der Waals surface area contributed by atoms with Gasteiger partial charge in [-0.1, -0.05) is 18.2 Å². The molecular weight excluding hydrogens is 215 g/mol. The van der Waals surface area contributed by atoms with Crippen molar-refractivity contribution in [1.29, 1.82) is 0 Å². The van der Waals surface area contributed by atoms with Gasteiger partial charge in [0, 0.05) is 12.4 Å². The lowest BCUT2D eigenvalue weighted by Gasteiger charge is -2.25. The molecule has 0 spiro atoms. The molecule has 1 atom stereocenters. The van der Waals surface area contributed by atoms with Crippen LogP contribution in [0.15, 0.2) is 42.7 Å². The first-order chi connectivity index (χ1) is 8.01. The number of nitrogens with zero attached hydrogens (tertiary/aromatic N) is 1. The van der Waals surface area contributed by atoms with Crippen LogP contribution >= 0.6 is 0 Å². The van der Waals surface area contributed by atoms with Gasteiger partial charge in [-0.25, -0.2) is 4.39 Å². The smallest absolute Gasteiger partial charge is 0.126 e. The van der Waals surface area contributed by atoms with Gasteiger partial charge in [0.1, 0.15) is 5.82 Å². The lowest BCUT2D eigenvalue weighted by atomic mass is 9.86. The fourth-order valence-corrected chi connectivity index (χ4v) is 1.75. The molecule has 0 fully saturated rings. The number of aromatic nitrogens is 1. The predicted octanol–water partition coefficient (Wildman–Crippen LogP) is 2.75. The van der Waals surface area contributed by atoms with E-state index in [1.807, 2.05) is 25.1 Å². The van der Waals surface area contributed by atoms with Gasteiger partial charge in [0.15, 0.2) is 0 Å². The summed E-state index contributed by atoms with van der Waals surface area (Å²) in [6.45, 7) is 3.59. The Bertz CT molecular complexity index is 521. The fourth-order valence-electron chi connectivity index (χ4n) is 1.75. The standard InChI is InChI=1S/C14H15FN2/c1-10-5-6-11(8-13(10)15)14(2,16)12-4-3-7-17-9-12/h3-9H,16H2,1-2H3. The molecule has 0 aliphatic rings. The van der Waals surface area contributed by atoms with Crippen molar-refractivity contribution in [2.75, 3.05) is 0 Å². The van der Waals surface area contributed by atoms with E-state index < -0.39 is 5.54 Å². The van der Waals surface area contributed by atoms with Gasteiger partial charge in [-0.3, -0.25) is 4.98 Å². The first-order valence-electron chi connectivity index (χ1n) is 5.48. The number of halogens is 1. The second kappa shape index (κ2) is 4.26. The van der Waals surface area contributed by atoms with Gasteiger partial charge in [0.25, 0.3) is 0 Å². The SMILES string of the molecule is Cc1ccc(C(C)(N)c2cccnc2)cc1F. The number of hydrogen-bond donors (Lipinski definition) is 1. The van der Waals surface area contributed by atoms with Crippen LogP contribution in [0.1, 0.15) is 23.6 Å². The minimum atomic E-state index is -0.733.